The molecule has 5 rings (SSSR count). The Morgan fingerprint density at radius 2 is 1.72 bits per heavy atom. The predicted octanol–water partition coefficient (Wildman–Crippen LogP) is 2.35. The molecule has 32 heavy (non-hydrogen) atoms. The van der Waals surface area contributed by atoms with Crippen LogP contribution in [0.5, 0.6) is 0 Å². The largest absolute Gasteiger partial charge is 0.414 e. The Morgan fingerprint density at radius 1 is 0.969 bits per heavy atom. The van der Waals surface area contributed by atoms with Crippen molar-refractivity contribution < 1.29 is 12.8 Å². The summed E-state index contributed by atoms with van der Waals surface area (Å²) in [4.78, 5) is 10.8. The number of hydrogen-bond donors (Lipinski definition) is 1. The van der Waals surface area contributed by atoms with Crippen molar-refractivity contribution in [2.24, 2.45) is 0 Å². The van der Waals surface area contributed by atoms with Gasteiger partial charge < -0.3 is 15.1 Å². The molecule has 1 aliphatic heterocycles. The van der Waals surface area contributed by atoms with Gasteiger partial charge in [-0.3, -0.25) is 0 Å². The molecular formula is C20H19N7O3S2. The van der Waals surface area contributed by atoms with Crippen molar-refractivity contribution in [1.82, 2.24) is 24.5 Å². The molecule has 0 atom stereocenters. The van der Waals surface area contributed by atoms with Crippen LogP contribution in [0.1, 0.15) is 0 Å². The van der Waals surface area contributed by atoms with Crippen LogP contribution in [0.3, 0.4) is 0 Å². The summed E-state index contributed by atoms with van der Waals surface area (Å²) in [5.41, 5.74) is 7.11. The van der Waals surface area contributed by atoms with Crippen molar-refractivity contribution in [1.29, 1.82) is 0 Å². The molecule has 4 heterocycles. The summed E-state index contributed by atoms with van der Waals surface area (Å²) < 4.78 is 33.1. The highest BCUT2D eigenvalue weighted by Crippen LogP contribution is 2.28. The lowest BCUT2D eigenvalue weighted by Gasteiger charge is -2.34. The van der Waals surface area contributed by atoms with Gasteiger partial charge in [-0.15, -0.1) is 21.5 Å². The average Bonchev–Trinajstić information content (AvgIpc) is 3.53. The van der Waals surface area contributed by atoms with E-state index in [4.69, 9.17) is 10.2 Å². The zero-order valence-electron chi connectivity index (χ0n) is 16.8. The Balaban J connectivity index is 1.35. The summed E-state index contributed by atoms with van der Waals surface area (Å²) in [6.07, 6.45) is 1.57. The summed E-state index contributed by atoms with van der Waals surface area (Å²) in [7, 11) is -3.47. The first-order valence-electron chi connectivity index (χ1n) is 9.83. The first-order chi connectivity index (χ1) is 15.5. The first-order valence-corrected chi connectivity index (χ1v) is 12.1. The zero-order valence-corrected chi connectivity index (χ0v) is 18.5. The second-order valence-corrected chi connectivity index (χ2v) is 10.2. The SMILES string of the molecule is Nc1ncc(N2CCN(S(=O)(=O)c3cccs3)CC2)nc1-c1nnc(-c2ccccc2)o1. The molecule has 0 spiro atoms. The molecule has 1 aliphatic rings. The van der Waals surface area contributed by atoms with E-state index < -0.39 is 10.0 Å². The van der Waals surface area contributed by atoms with Crippen molar-refractivity contribution in [3.05, 3.63) is 54.0 Å². The van der Waals surface area contributed by atoms with Gasteiger partial charge in [0.1, 0.15) is 10.0 Å². The standard InChI is InChI=1S/C20H19N7O3S2/c21-18-17(20-25-24-19(30-20)14-5-2-1-3-6-14)23-15(13-22-18)26-8-10-27(11-9-26)32(28,29)16-7-4-12-31-16/h1-7,12-13H,8-11H2,(H2,21,22). The van der Waals surface area contributed by atoms with Crippen molar-refractivity contribution >= 4 is 33.0 Å². The number of piperazine rings is 1. The van der Waals surface area contributed by atoms with Crippen LogP contribution in [-0.2, 0) is 10.0 Å². The van der Waals surface area contributed by atoms with E-state index in [1.807, 2.05) is 35.2 Å². The second kappa shape index (κ2) is 8.30. The Morgan fingerprint density at radius 3 is 2.44 bits per heavy atom. The molecule has 1 saturated heterocycles. The highest BCUT2D eigenvalue weighted by atomic mass is 32.2. The average molecular weight is 470 g/mol. The van der Waals surface area contributed by atoms with Gasteiger partial charge >= 0.3 is 0 Å². The van der Waals surface area contributed by atoms with Crippen LogP contribution in [0.2, 0.25) is 0 Å². The molecule has 3 aromatic heterocycles. The topological polar surface area (TPSA) is 131 Å². The van der Waals surface area contributed by atoms with Crippen LogP contribution in [0.15, 0.2) is 62.7 Å². The van der Waals surface area contributed by atoms with Gasteiger partial charge in [-0.25, -0.2) is 18.4 Å². The summed E-state index contributed by atoms with van der Waals surface area (Å²) in [6, 6.07) is 12.8. The molecule has 1 aromatic carbocycles. The van der Waals surface area contributed by atoms with Crippen LogP contribution in [0.4, 0.5) is 11.6 Å². The summed E-state index contributed by atoms with van der Waals surface area (Å²) in [5.74, 6) is 1.28. The number of rotatable bonds is 5. The Labute approximate surface area is 188 Å². The van der Waals surface area contributed by atoms with E-state index in [2.05, 4.69) is 20.2 Å². The van der Waals surface area contributed by atoms with E-state index in [1.54, 1.807) is 23.7 Å². The third-order valence-corrected chi connectivity index (χ3v) is 8.36. The molecule has 0 aliphatic carbocycles. The molecule has 4 aromatic rings. The van der Waals surface area contributed by atoms with Gasteiger partial charge in [0.25, 0.3) is 15.9 Å². The minimum absolute atomic E-state index is 0.176. The third kappa shape index (κ3) is 3.83. The lowest BCUT2D eigenvalue weighted by Crippen LogP contribution is -2.48. The maximum Gasteiger partial charge on any atom is 0.270 e. The lowest BCUT2D eigenvalue weighted by atomic mass is 10.2. The molecule has 0 unspecified atom stereocenters. The number of sulfonamides is 1. The zero-order chi connectivity index (χ0) is 22.1. The summed E-state index contributed by atoms with van der Waals surface area (Å²) >= 11 is 1.22. The molecule has 0 bridgehead atoms. The van der Waals surface area contributed by atoms with Crippen molar-refractivity contribution in [3.63, 3.8) is 0 Å². The fourth-order valence-electron chi connectivity index (χ4n) is 3.41. The van der Waals surface area contributed by atoms with Gasteiger partial charge in [-0.1, -0.05) is 24.3 Å². The van der Waals surface area contributed by atoms with Crippen molar-refractivity contribution in [2.75, 3.05) is 36.8 Å². The minimum atomic E-state index is -3.47. The molecule has 10 nitrogen and oxygen atoms in total. The van der Waals surface area contributed by atoms with E-state index in [0.29, 0.717) is 47.8 Å². The normalized spacial score (nSPS) is 15.2. The van der Waals surface area contributed by atoms with E-state index in [0.717, 1.165) is 5.56 Å². The van der Waals surface area contributed by atoms with E-state index in [9.17, 15) is 8.42 Å². The number of thiophene rings is 1. The fourth-order valence-corrected chi connectivity index (χ4v) is 5.98. The molecular weight excluding hydrogens is 450 g/mol. The van der Waals surface area contributed by atoms with Gasteiger partial charge in [0.05, 0.1) is 6.20 Å². The number of nitrogens with zero attached hydrogens (tertiary/aromatic N) is 6. The molecule has 164 valence electrons. The fraction of sp³-hybridized carbons (Fsp3) is 0.200. The van der Waals surface area contributed by atoms with Crippen molar-refractivity contribution in [2.45, 2.75) is 4.21 Å². The first kappa shape index (κ1) is 20.5. The molecule has 0 amide bonds. The van der Waals surface area contributed by atoms with Crippen LogP contribution >= 0.6 is 11.3 Å². The smallest absolute Gasteiger partial charge is 0.270 e. The monoisotopic (exact) mass is 469 g/mol. The molecule has 0 saturated carbocycles. The third-order valence-electron chi connectivity index (χ3n) is 5.09. The molecule has 2 N–H and O–H groups in total. The highest BCUT2D eigenvalue weighted by molar-refractivity contribution is 7.91. The van der Waals surface area contributed by atoms with Crippen LogP contribution < -0.4 is 10.6 Å². The molecule has 12 heteroatoms. The van der Waals surface area contributed by atoms with Crippen LogP contribution in [-0.4, -0.2) is 59.1 Å². The predicted molar refractivity (Wildman–Crippen MR) is 120 cm³/mol. The summed E-state index contributed by atoms with van der Waals surface area (Å²) in [6.45, 7) is 1.64. The van der Waals surface area contributed by atoms with E-state index in [1.165, 1.54) is 15.6 Å². The van der Waals surface area contributed by atoms with Crippen molar-refractivity contribution in [3.8, 4) is 23.0 Å². The van der Waals surface area contributed by atoms with Gasteiger partial charge in [-0.2, -0.15) is 4.31 Å². The van der Waals surface area contributed by atoms with Gasteiger partial charge in [0, 0.05) is 31.7 Å². The summed E-state index contributed by atoms with van der Waals surface area (Å²) in [5, 5.41) is 9.92. The Kier molecular flexibility index (Phi) is 5.33. The second-order valence-electron chi connectivity index (χ2n) is 7.06. The van der Waals surface area contributed by atoms with Gasteiger partial charge in [0.15, 0.2) is 11.5 Å². The maximum atomic E-state index is 12.7. The number of hydrogen-bond acceptors (Lipinski definition) is 10. The number of benzene rings is 1. The Hall–Kier alpha value is -3.35. The number of nitrogen functional groups attached to an aromatic ring is 1. The number of aromatic nitrogens is 4. The van der Waals surface area contributed by atoms with Crippen LogP contribution in [0.25, 0.3) is 23.0 Å². The minimum Gasteiger partial charge on any atom is -0.414 e. The van der Waals surface area contributed by atoms with E-state index >= 15 is 0 Å². The Bertz CT molecular complexity index is 1320. The number of nitrogens with two attached hydrogens (primary N) is 1. The lowest BCUT2D eigenvalue weighted by molar-refractivity contribution is 0.384. The highest BCUT2D eigenvalue weighted by Gasteiger charge is 2.30. The van der Waals surface area contributed by atoms with E-state index in [-0.39, 0.29) is 11.7 Å². The van der Waals surface area contributed by atoms with Gasteiger partial charge in [-0.05, 0) is 23.6 Å². The maximum absolute atomic E-state index is 12.7. The van der Waals surface area contributed by atoms with Crippen LogP contribution in [0, 0.1) is 0 Å². The number of anilines is 2. The molecule has 0 radical (unpaired) electrons. The van der Waals surface area contributed by atoms with Gasteiger partial charge in [0.2, 0.25) is 5.89 Å². The quantitative estimate of drug-likeness (QED) is 0.468. The molecule has 1 fully saturated rings.